The minimum atomic E-state index is -0.0777. The lowest BCUT2D eigenvalue weighted by molar-refractivity contribution is 0.0930. The van der Waals surface area contributed by atoms with Gasteiger partial charge in [0.2, 0.25) is 0 Å². The average molecular weight is 389 g/mol. The van der Waals surface area contributed by atoms with E-state index in [0.29, 0.717) is 23.0 Å². The topological polar surface area (TPSA) is 32.3 Å². The lowest BCUT2D eigenvalue weighted by Crippen LogP contribution is -2.40. The molecule has 138 valence electrons. The van der Waals surface area contributed by atoms with Crippen molar-refractivity contribution >= 4 is 29.3 Å². The third-order valence-electron chi connectivity index (χ3n) is 4.82. The number of nitrogens with zero attached hydrogens (tertiary/aromatic N) is 1. The summed E-state index contributed by atoms with van der Waals surface area (Å²) in [7, 11) is 0. The van der Waals surface area contributed by atoms with Crippen molar-refractivity contribution in [3.05, 3.63) is 64.7 Å². The average Bonchev–Trinajstić information content (AvgIpc) is 2.67. The summed E-state index contributed by atoms with van der Waals surface area (Å²) >= 11 is 7.82. The molecule has 1 saturated heterocycles. The molecular formula is C21H25ClN2OS. The van der Waals surface area contributed by atoms with Crippen molar-refractivity contribution in [1.29, 1.82) is 0 Å². The Balaban J connectivity index is 1.53. The number of amides is 1. The van der Waals surface area contributed by atoms with Gasteiger partial charge in [0.15, 0.2) is 0 Å². The highest BCUT2D eigenvalue weighted by molar-refractivity contribution is 7.98. The molecule has 26 heavy (non-hydrogen) atoms. The zero-order chi connectivity index (χ0) is 18.4. The van der Waals surface area contributed by atoms with Crippen molar-refractivity contribution < 1.29 is 4.79 Å². The monoisotopic (exact) mass is 388 g/mol. The van der Waals surface area contributed by atoms with Gasteiger partial charge in [-0.05, 0) is 55.3 Å². The molecule has 0 saturated carbocycles. The van der Waals surface area contributed by atoms with Gasteiger partial charge in [0.25, 0.3) is 5.91 Å². The van der Waals surface area contributed by atoms with E-state index in [4.69, 9.17) is 11.6 Å². The summed E-state index contributed by atoms with van der Waals surface area (Å²) in [6.45, 7) is 3.82. The van der Waals surface area contributed by atoms with Crippen LogP contribution in [-0.4, -0.2) is 36.7 Å². The van der Waals surface area contributed by atoms with Gasteiger partial charge in [0, 0.05) is 24.5 Å². The minimum absolute atomic E-state index is 0.0777. The predicted octanol–water partition coefficient (Wildman–Crippen LogP) is 4.70. The SMILES string of the molecule is CSc1ccc(Cl)c(C(=O)NCC2CCCN(Cc3ccccc3)C2)c1. The van der Waals surface area contributed by atoms with Crippen LogP contribution >= 0.6 is 23.4 Å². The molecule has 2 aromatic rings. The molecule has 0 aliphatic carbocycles. The van der Waals surface area contributed by atoms with Crippen LogP contribution in [0, 0.1) is 5.92 Å². The zero-order valence-corrected chi connectivity index (χ0v) is 16.7. The summed E-state index contributed by atoms with van der Waals surface area (Å²) in [5.41, 5.74) is 1.91. The normalized spacial score (nSPS) is 17.8. The van der Waals surface area contributed by atoms with Crippen LogP contribution in [-0.2, 0) is 6.54 Å². The Labute approximate surface area is 165 Å². The standard InChI is InChI=1S/C21H25ClN2OS/c1-26-18-9-10-20(22)19(12-18)21(25)23-13-17-8-5-11-24(15-17)14-16-6-3-2-4-7-16/h2-4,6-7,9-10,12,17H,5,8,11,13-15H2,1H3,(H,23,25). The molecule has 1 N–H and O–H groups in total. The molecule has 3 nitrogen and oxygen atoms in total. The highest BCUT2D eigenvalue weighted by atomic mass is 35.5. The maximum atomic E-state index is 12.5. The number of hydrogen-bond donors (Lipinski definition) is 1. The van der Waals surface area contributed by atoms with Crippen LogP contribution in [0.5, 0.6) is 0 Å². The molecule has 1 amide bonds. The highest BCUT2D eigenvalue weighted by Crippen LogP contribution is 2.23. The Hall–Kier alpha value is -1.49. The number of rotatable bonds is 6. The Morgan fingerprint density at radius 1 is 1.27 bits per heavy atom. The molecule has 1 fully saturated rings. The van der Waals surface area contributed by atoms with Crippen LogP contribution in [0.4, 0.5) is 0 Å². The third kappa shape index (κ3) is 5.26. The van der Waals surface area contributed by atoms with Crippen molar-refractivity contribution in [2.45, 2.75) is 24.3 Å². The first kappa shape index (κ1) is 19.3. The van der Waals surface area contributed by atoms with E-state index in [-0.39, 0.29) is 5.91 Å². The summed E-state index contributed by atoms with van der Waals surface area (Å²) in [5, 5.41) is 3.59. The van der Waals surface area contributed by atoms with E-state index in [2.05, 4.69) is 40.5 Å². The van der Waals surface area contributed by atoms with E-state index in [1.807, 2.05) is 18.4 Å². The maximum Gasteiger partial charge on any atom is 0.252 e. The second-order valence-corrected chi connectivity index (χ2v) is 8.07. The van der Waals surface area contributed by atoms with Crippen LogP contribution in [0.1, 0.15) is 28.8 Å². The van der Waals surface area contributed by atoms with Gasteiger partial charge < -0.3 is 5.32 Å². The summed E-state index contributed by atoms with van der Waals surface area (Å²) in [6.07, 6.45) is 4.33. The van der Waals surface area contributed by atoms with E-state index in [0.717, 1.165) is 31.0 Å². The molecule has 0 spiro atoms. The van der Waals surface area contributed by atoms with E-state index < -0.39 is 0 Å². The molecule has 1 aliphatic rings. The molecule has 0 bridgehead atoms. The van der Waals surface area contributed by atoms with Gasteiger partial charge in [0.1, 0.15) is 0 Å². The quantitative estimate of drug-likeness (QED) is 0.727. The van der Waals surface area contributed by atoms with Crippen molar-refractivity contribution in [3.63, 3.8) is 0 Å². The van der Waals surface area contributed by atoms with E-state index >= 15 is 0 Å². The van der Waals surface area contributed by atoms with E-state index in [1.54, 1.807) is 17.8 Å². The van der Waals surface area contributed by atoms with Gasteiger partial charge in [-0.15, -0.1) is 11.8 Å². The first-order valence-corrected chi connectivity index (χ1v) is 10.6. The zero-order valence-electron chi connectivity index (χ0n) is 15.1. The second kappa shape index (κ2) is 9.45. The molecule has 0 radical (unpaired) electrons. The number of carbonyl (C=O) groups is 1. The van der Waals surface area contributed by atoms with Crippen molar-refractivity contribution in [2.75, 3.05) is 25.9 Å². The summed E-state index contributed by atoms with van der Waals surface area (Å²) in [4.78, 5) is 16.1. The highest BCUT2D eigenvalue weighted by Gasteiger charge is 2.21. The minimum Gasteiger partial charge on any atom is -0.352 e. The van der Waals surface area contributed by atoms with Gasteiger partial charge in [-0.2, -0.15) is 0 Å². The number of likely N-dealkylation sites (tertiary alicyclic amines) is 1. The molecule has 1 unspecified atom stereocenters. The molecule has 5 heteroatoms. The molecule has 1 heterocycles. The van der Waals surface area contributed by atoms with Crippen molar-refractivity contribution in [3.8, 4) is 0 Å². The van der Waals surface area contributed by atoms with Gasteiger partial charge >= 0.3 is 0 Å². The Bertz CT molecular complexity index is 738. The van der Waals surface area contributed by atoms with Crippen LogP contribution < -0.4 is 5.32 Å². The van der Waals surface area contributed by atoms with Crippen LogP contribution in [0.25, 0.3) is 0 Å². The predicted molar refractivity (Wildman–Crippen MR) is 110 cm³/mol. The first-order valence-electron chi connectivity index (χ1n) is 9.03. The molecular weight excluding hydrogens is 364 g/mol. The first-order chi connectivity index (χ1) is 12.7. The number of halogens is 1. The number of piperidine rings is 1. The summed E-state index contributed by atoms with van der Waals surface area (Å²) < 4.78 is 0. The second-order valence-electron chi connectivity index (χ2n) is 6.78. The Morgan fingerprint density at radius 2 is 2.08 bits per heavy atom. The summed E-state index contributed by atoms with van der Waals surface area (Å²) in [6, 6.07) is 16.2. The molecule has 1 aliphatic heterocycles. The molecule has 2 aromatic carbocycles. The summed E-state index contributed by atoms with van der Waals surface area (Å²) in [5.74, 6) is 0.407. The number of nitrogens with one attached hydrogen (secondary N) is 1. The number of hydrogen-bond acceptors (Lipinski definition) is 3. The van der Waals surface area contributed by atoms with Gasteiger partial charge in [-0.3, -0.25) is 9.69 Å². The van der Waals surface area contributed by atoms with Crippen LogP contribution in [0.15, 0.2) is 53.4 Å². The van der Waals surface area contributed by atoms with Crippen LogP contribution in [0.3, 0.4) is 0 Å². The van der Waals surface area contributed by atoms with Gasteiger partial charge in [-0.1, -0.05) is 41.9 Å². The fraction of sp³-hybridized carbons (Fsp3) is 0.381. The molecule has 0 aromatic heterocycles. The Kier molecular flexibility index (Phi) is 7.00. The largest absolute Gasteiger partial charge is 0.352 e. The number of thioether (sulfide) groups is 1. The van der Waals surface area contributed by atoms with Gasteiger partial charge in [0.05, 0.1) is 10.6 Å². The van der Waals surface area contributed by atoms with Crippen molar-refractivity contribution in [2.24, 2.45) is 5.92 Å². The third-order valence-corrected chi connectivity index (χ3v) is 5.88. The smallest absolute Gasteiger partial charge is 0.252 e. The van der Waals surface area contributed by atoms with Gasteiger partial charge in [-0.25, -0.2) is 0 Å². The fourth-order valence-electron chi connectivity index (χ4n) is 3.44. The maximum absolute atomic E-state index is 12.5. The number of carbonyl (C=O) groups excluding carboxylic acids is 1. The molecule has 3 rings (SSSR count). The lowest BCUT2D eigenvalue weighted by Gasteiger charge is -2.32. The molecule has 1 atom stereocenters. The lowest BCUT2D eigenvalue weighted by atomic mass is 9.97. The number of benzene rings is 2. The Morgan fingerprint density at radius 3 is 2.85 bits per heavy atom. The van der Waals surface area contributed by atoms with E-state index in [1.165, 1.54) is 12.0 Å². The fourth-order valence-corrected chi connectivity index (χ4v) is 4.08. The van der Waals surface area contributed by atoms with E-state index in [9.17, 15) is 4.79 Å². The van der Waals surface area contributed by atoms with Crippen molar-refractivity contribution in [1.82, 2.24) is 10.2 Å². The van der Waals surface area contributed by atoms with Crippen LogP contribution in [0.2, 0.25) is 5.02 Å².